The van der Waals surface area contributed by atoms with E-state index in [-0.39, 0.29) is 29.8 Å². The Hall–Kier alpha value is -3.68. The number of nitrogens with one attached hydrogen (secondary N) is 1. The predicted octanol–water partition coefficient (Wildman–Crippen LogP) is 8.32. The second-order valence-electron chi connectivity index (χ2n) is 11.6. The van der Waals surface area contributed by atoms with Gasteiger partial charge in [0.15, 0.2) is 8.32 Å². The third kappa shape index (κ3) is 9.72. The smallest absolute Gasteiger partial charge is 0.407 e. The molecule has 1 N–H and O–H groups in total. The van der Waals surface area contributed by atoms with E-state index >= 15 is 0 Å². The highest BCUT2D eigenvalue weighted by molar-refractivity contribution is 6.74. The van der Waals surface area contributed by atoms with Gasteiger partial charge >= 0.3 is 12.1 Å². The molecule has 0 aromatic heterocycles. The SMILES string of the molecule is COC(=O)c1ccc(C=CCCC(NC(=O)OCc2ccccc2)C(O[Si](C)(C)C(C)(C)C)c2ccccc2)cc1. The summed E-state index contributed by atoms with van der Waals surface area (Å²) in [6, 6.07) is 26.7. The quantitative estimate of drug-likeness (QED) is 0.174. The van der Waals surface area contributed by atoms with Crippen molar-refractivity contribution in [2.75, 3.05) is 7.11 Å². The van der Waals surface area contributed by atoms with E-state index in [0.717, 1.165) is 16.7 Å². The molecule has 2 atom stereocenters. The highest BCUT2D eigenvalue weighted by Gasteiger charge is 2.41. The van der Waals surface area contributed by atoms with Gasteiger partial charge in [-0.3, -0.25) is 0 Å². The van der Waals surface area contributed by atoms with Gasteiger partial charge in [0.2, 0.25) is 0 Å². The maximum absolute atomic E-state index is 13.1. The van der Waals surface area contributed by atoms with E-state index in [1.165, 1.54) is 7.11 Å². The number of ether oxygens (including phenoxy) is 2. The van der Waals surface area contributed by atoms with Crippen molar-refractivity contribution < 1.29 is 23.5 Å². The number of carbonyl (C=O) groups excluding carboxylic acids is 2. The summed E-state index contributed by atoms with van der Waals surface area (Å²) in [4.78, 5) is 24.8. The number of carbonyl (C=O) groups is 2. The lowest BCUT2D eigenvalue weighted by Crippen LogP contribution is -2.48. The van der Waals surface area contributed by atoms with Crippen LogP contribution in [0.2, 0.25) is 18.1 Å². The van der Waals surface area contributed by atoms with E-state index in [4.69, 9.17) is 13.9 Å². The number of methoxy groups -OCH3 is 1. The van der Waals surface area contributed by atoms with Crippen LogP contribution < -0.4 is 5.32 Å². The molecule has 0 saturated carbocycles. The Balaban J connectivity index is 1.80. The Labute approximate surface area is 245 Å². The number of hydrogen-bond donors (Lipinski definition) is 1. The van der Waals surface area contributed by atoms with Gasteiger partial charge in [0, 0.05) is 0 Å². The van der Waals surface area contributed by atoms with E-state index in [9.17, 15) is 9.59 Å². The zero-order valence-electron chi connectivity index (χ0n) is 25.1. The van der Waals surface area contributed by atoms with Crippen LogP contribution in [0.15, 0.2) is 91.0 Å². The summed E-state index contributed by atoms with van der Waals surface area (Å²) in [5, 5.41) is 3.13. The number of hydrogen-bond acceptors (Lipinski definition) is 5. The topological polar surface area (TPSA) is 73.9 Å². The number of allylic oxidation sites excluding steroid dienone is 1. The molecule has 218 valence electrons. The Morgan fingerprint density at radius 3 is 2.10 bits per heavy atom. The third-order valence-electron chi connectivity index (χ3n) is 7.52. The average molecular weight is 574 g/mol. The molecular weight excluding hydrogens is 530 g/mol. The molecule has 2 unspecified atom stereocenters. The van der Waals surface area contributed by atoms with Crippen molar-refractivity contribution in [1.29, 1.82) is 0 Å². The molecule has 0 saturated heterocycles. The van der Waals surface area contributed by atoms with Crippen LogP contribution in [0.4, 0.5) is 4.79 Å². The molecule has 3 aromatic carbocycles. The van der Waals surface area contributed by atoms with Crippen LogP contribution in [0, 0.1) is 0 Å². The molecule has 0 aliphatic rings. The van der Waals surface area contributed by atoms with Crippen LogP contribution in [0.25, 0.3) is 6.08 Å². The average Bonchev–Trinajstić information content (AvgIpc) is 2.97. The minimum absolute atomic E-state index is 0.00529. The maximum atomic E-state index is 13.1. The lowest BCUT2D eigenvalue weighted by Gasteiger charge is -2.41. The van der Waals surface area contributed by atoms with Gasteiger partial charge in [-0.15, -0.1) is 0 Å². The minimum atomic E-state index is -2.20. The second kappa shape index (κ2) is 14.8. The van der Waals surface area contributed by atoms with E-state index in [2.05, 4.69) is 57.4 Å². The molecule has 0 aliphatic carbocycles. The fraction of sp³-hybridized carbons (Fsp3) is 0.353. The van der Waals surface area contributed by atoms with Crippen LogP contribution in [-0.2, 0) is 20.5 Å². The van der Waals surface area contributed by atoms with Crippen molar-refractivity contribution >= 4 is 26.5 Å². The molecular formula is C34H43NO5Si. The molecule has 0 fully saturated rings. The molecule has 0 bridgehead atoms. The van der Waals surface area contributed by atoms with Crippen LogP contribution in [0.5, 0.6) is 0 Å². The van der Waals surface area contributed by atoms with Crippen LogP contribution >= 0.6 is 0 Å². The summed E-state index contributed by atoms with van der Waals surface area (Å²) in [5.74, 6) is -0.359. The number of alkyl carbamates (subject to hydrolysis) is 1. The van der Waals surface area contributed by atoms with E-state index in [1.807, 2.05) is 66.7 Å². The van der Waals surface area contributed by atoms with Crippen molar-refractivity contribution in [1.82, 2.24) is 5.32 Å². The van der Waals surface area contributed by atoms with Gasteiger partial charge in [0.1, 0.15) is 6.61 Å². The lowest BCUT2D eigenvalue weighted by molar-refractivity contribution is 0.0600. The first-order valence-electron chi connectivity index (χ1n) is 14.0. The van der Waals surface area contributed by atoms with Gasteiger partial charge in [-0.2, -0.15) is 0 Å². The third-order valence-corrected chi connectivity index (χ3v) is 12.0. The van der Waals surface area contributed by atoms with Crippen molar-refractivity contribution in [2.24, 2.45) is 0 Å². The second-order valence-corrected chi connectivity index (χ2v) is 16.4. The minimum Gasteiger partial charge on any atom is -0.465 e. The zero-order chi connectivity index (χ0) is 29.9. The summed E-state index contributed by atoms with van der Waals surface area (Å²) in [6.07, 6.45) is 4.62. The maximum Gasteiger partial charge on any atom is 0.407 e. The molecule has 0 spiro atoms. The Bertz CT molecular complexity index is 1270. The van der Waals surface area contributed by atoms with Gasteiger partial charge in [-0.25, -0.2) is 9.59 Å². The number of amides is 1. The standard InChI is InChI=1S/C34H43NO5Si/c1-34(2,3)41(5,6)40-31(28-18-11-8-12-19-28)30(35-33(37)39-25-27-16-9-7-10-17-27)20-14-13-15-26-21-23-29(24-22-26)32(36)38-4/h7-13,15-19,21-24,30-31H,14,20,25H2,1-6H3,(H,35,37). The first-order valence-corrected chi connectivity index (χ1v) is 17.0. The van der Waals surface area contributed by atoms with E-state index in [0.29, 0.717) is 18.4 Å². The van der Waals surface area contributed by atoms with E-state index in [1.54, 1.807) is 12.1 Å². The highest BCUT2D eigenvalue weighted by atomic mass is 28.4. The molecule has 1 amide bonds. The first-order chi connectivity index (χ1) is 19.5. The highest BCUT2D eigenvalue weighted by Crippen LogP contribution is 2.41. The molecule has 0 aliphatic heterocycles. The molecule has 0 radical (unpaired) electrons. The summed E-state index contributed by atoms with van der Waals surface area (Å²) in [7, 11) is -0.831. The molecule has 3 rings (SSSR count). The van der Waals surface area contributed by atoms with Gasteiger partial charge < -0.3 is 19.2 Å². The Morgan fingerprint density at radius 2 is 1.51 bits per heavy atom. The van der Waals surface area contributed by atoms with Crippen LogP contribution in [0.3, 0.4) is 0 Å². The van der Waals surface area contributed by atoms with Crippen molar-refractivity contribution in [3.05, 3.63) is 113 Å². The molecule has 7 heteroatoms. The number of rotatable bonds is 12. The van der Waals surface area contributed by atoms with Crippen LogP contribution in [-0.4, -0.2) is 33.5 Å². The Kier molecular flexibility index (Phi) is 11.5. The monoisotopic (exact) mass is 573 g/mol. The fourth-order valence-corrected chi connectivity index (χ4v) is 5.37. The number of esters is 1. The normalized spacial score (nSPS) is 13.4. The molecule has 0 heterocycles. The summed E-state index contributed by atoms with van der Waals surface area (Å²) in [6.45, 7) is 11.3. The van der Waals surface area contributed by atoms with Crippen molar-refractivity contribution in [2.45, 2.75) is 70.5 Å². The first kappa shape index (κ1) is 31.8. The zero-order valence-corrected chi connectivity index (χ0v) is 26.1. The van der Waals surface area contributed by atoms with Gasteiger partial charge in [-0.1, -0.05) is 106 Å². The summed E-state index contributed by atoms with van der Waals surface area (Å²) < 4.78 is 17.4. The van der Waals surface area contributed by atoms with Crippen LogP contribution in [0.1, 0.15) is 66.8 Å². The molecule has 3 aromatic rings. The van der Waals surface area contributed by atoms with Crippen molar-refractivity contribution in [3.8, 4) is 0 Å². The van der Waals surface area contributed by atoms with Crippen molar-refractivity contribution in [3.63, 3.8) is 0 Å². The summed E-state index contributed by atoms with van der Waals surface area (Å²) in [5.41, 5.74) is 3.43. The van der Waals surface area contributed by atoms with Gasteiger partial charge in [0.05, 0.1) is 24.8 Å². The molecule has 6 nitrogen and oxygen atoms in total. The predicted molar refractivity (Wildman–Crippen MR) is 167 cm³/mol. The summed E-state index contributed by atoms with van der Waals surface area (Å²) >= 11 is 0. The molecule has 41 heavy (non-hydrogen) atoms. The van der Waals surface area contributed by atoms with Gasteiger partial charge in [0.25, 0.3) is 0 Å². The fourth-order valence-electron chi connectivity index (χ4n) is 4.08. The van der Waals surface area contributed by atoms with Gasteiger partial charge in [-0.05, 0) is 59.8 Å². The lowest BCUT2D eigenvalue weighted by atomic mass is 9.98. The van der Waals surface area contributed by atoms with E-state index < -0.39 is 14.4 Å². The number of benzene rings is 3. The Morgan fingerprint density at radius 1 is 0.902 bits per heavy atom. The largest absolute Gasteiger partial charge is 0.465 e.